The van der Waals surface area contributed by atoms with Gasteiger partial charge in [-0.05, 0) is 24.6 Å². The topological polar surface area (TPSA) is 3.24 Å². The number of hydrogen-bond acceptors (Lipinski definition) is 1. The molecule has 0 spiro atoms. The lowest BCUT2D eigenvalue weighted by Crippen LogP contribution is -2.07. The first kappa shape index (κ1) is 8.85. The summed E-state index contributed by atoms with van der Waals surface area (Å²) < 4.78 is 0. The first-order valence-corrected chi connectivity index (χ1v) is 4.14. The van der Waals surface area contributed by atoms with Crippen molar-refractivity contribution in [2.45, 2.75) is 6.92 Å². The SMILES string of the molecule is C/C=C/c1ccc(N(C)C)cc1. The van der Waals surface area contributed by atoms with Gasteiger partial charge in [0.2, 0.25) is 0 Å². The summed E-state index contributed by atoms with van der Waals surface area (Å²) in [5, 5.41) is 0. The second kappa shape index (κ2) is 3.96. The molecule has 0 aliphatic rings. The highest BCUT2D eigenvalue weighted by atomic mass is 15.1. The molecule has 0 aromatic heterocycles. The maximum Gasteiger partial charge on any atom is 0.0361 e. The van der Waals surface area contributed by atoms with Gasteiger partial charge in [0.1, 0.15) is 0 Å². The molecule has 0 saturated carbocycles. The Balaban J connectivity index is 2.85. The Labute approximate surface area is 74.3 Å². The van der Waals surface area contributed by atoms with Crippen LogP contribution in [0.2, 0.25) is 0 Å². The standard InChI is InChI=1S/C11H15N/c1-4-5-10-6-8-11(9-7-10)12(2)3/h4-9H,1-3H3/b5-4+. The lowest BCUT2D eigenvalue weighted by Gasteiger charge is -2.11. The Morgan fingerprint density at radius 2 is 1.67 bits per heavy atom. The van der Waals surface area contributed by atoms with Crippen molar-refractivity contribution < 1.29 is 0 Å². The van der Waals surface area contributed by atoms with Crippen LogP contribution in [-0.2, 0) is 0 Å². The molecule has 1 nitrogen and oxygen atoms in total. The minimum Gasteiger partial charge on any atom is -0.378 e. The van der Waals surface area contributed by atoms with Crippen molar-refractivity contribution in [2.75, 3.05) is 19.0 Å². The Bertz CT molecular complexity index is 257. The predicted molar refractivity (Wildman–Crippen MR) is 55.5 cm³/mol. The van der Waals surface area contributed by atoms with Crippen molar-refractivity contribution in [1.29, 1.82) is 0 Å². The fraction of sp³-hybridized carbons (Fsp3) is 0.273. The summed E-state index contributed by atoms with van der Waals surface area (Å²) in [4.78, 5) is 2.10. The van der Waals surface area contributed by atoms with E-state index in [0.717, 1.165) is 0 Å². The molecule has 12 heavy (non-hydrogen) atoms. The summed E-state index contributed by atoms with van der Waals surface area (Å²) in [6.45, 7) is 2.03. The molecule has 0 heterocycles. The summed E-state index contributed by atoms with van der Waals surface area (Å²) in [7, 11) is 4.09. The Hall–Kier alpha value is -1.24. The van der Waals surface area contributed by atoms with Gasteiger partial charge in [0.25, 0.3) is 0 Å². The molecule has 1 rings (SSSR count). The number of hydrogen-bond donors (Lipinski definition) is 0. The number of nitrogens with zero attached hydrogens (tertiary/aromatic N) is 1. The molecule has 1 aromatic rings. The minimum absolute atomic E-state index is 1.24. The fourth-order valence-corrected chi connectivity index (χ4v) is 1.08. The van der Waals surface area contributed by atoms with Crippen LogP contribution >= 0.6 is 0 Å². The van der Waals surface area contributed by atoms with Gasteiger partial charge in [-0.3, -0.25) is 0 Å². The van der Waals surface area contributed by atoms with E-state index in [9.17, 15) is 0 Å². The average Bonchev–Trinajstić information content (AvgIpc) is 2.06. The molecule has 0 aliphatic heterocycles. The normalized spacial score (nSPS) is 10.6. The van der Waals surface area contributed by atoms with Crippen molar-refractivity contribution in [3.63, 3.8) is 0 Å². The van der Waals surface area contributed by atoms with Gasteiger partial charge in [-0.1, -0.05) is 24.3 Å². The van der Waals surface area contributed by atoms with Crippen molar-refractivity contribution in [3.8, 4) is 0 Å². The minimum atomic E-state index is 1.24. The summed E-state index contributed by atoms with van der Waals surface area (Å²) in [6.07, 6.45) is 4.14. The molecular weight excluding hydrogens is 146 g/mol. The van der Waals surface area contributed by atoms with Crippen molar-refractivity contribution >= 4 is 11.8 Å². The highest BCUT2D eigenvalue weighted by molar-refractivity contribution is 5.55. The number of rotatable bonds is 2. The van der Waals surface area contributed by atoms with E-state index in [4.69, 9.17) is 0 Å². The third-order valence-corrected chi connectivity index (χ3v) is 1.77. The van der Waals surface area contributed by atoms with E-state index >= 15 is 0 Å². The lowest BCUT2D eigenvalue weighted by atomic mass is 10.2. The molecule has 0 aliphatic carbocycles. The second-order valence-electron chi connectivity index (χ2n) is 2.99. The van der Waals surface area contributed by atoms with E-state index in [0.29, 0.717) is 0 Å². The van der Waals surface area contributed by atoms with Crippen LogP contribution < -0.4 is 4.90 Å². The first-order valence-electron chi connectivity index (χ1n) is 4.14. The number of benzene rings is 1. The maximum absolute atomic E-state index is 2.12. The third kappa shape index (κ3) is 2.12. The molecule has 0 fully saturated rings. The van der Waals surface area contributed by atoms with Crippen LogP contribution in [0.1, 0.15) is 12.5 Å². The highest BCUT2D eigenvalue weighted by Crippen LogP contribution is 2.12. The van der Waals surface area contributed by atoms with Crippen LogP contribution in [0.25, 0.3) is 6.08 Å². The Morgan fingerprint density at radius 1 is 1.08 bits per heavy atom. The lowest BCUT2D eigenvalue weighted by molar-refractivity contribution is 1.13. The largest absolute Gasteiger partial charge is 0.378 e. The van der Waals surface area contributed by atoms with E-state index in [-0.39, 0.29) is 0 Å². The molecule has 0 amide bonds. The summed E-state index contributed by atoms with van der Waals surface area (Å²) in [6, 6.07) is 8.48. The first-order chi connectivity index (χ1) is 5.74. The smallest absolute Gasteiger partial charge is 0.0361 e. The van der Waals surface area contributed by atoms with Gasteiger partial charge in [-0.25, -0.2) is 0 Å². The van der Waals surface area contributed by atoms with E-state index in [2.05, 4.69) is 35.2 Å². The molecule has 64 valence electrons. The van der Waals surface area contributed by atoms with Crippen molar-refractivity contribution in [3.05, 3.63) is 35.9 Å². The molecular formula is C11H15N. The van der Waals surface area contributed by atoms with Gasteiger partial charge in [-0.2, -0.15) is 0 Å². The number of allylic oxidation sites excluding steroid dienone is 1. The van der Waals surface area contributed by atoms with Gasteiger partial charge in [-0.15, -0.1) is 0 Å². The van der Waals surface area contributed by atoms with Gasteiger partial charge in [0.05, 0.1) is 0 Å². The quantitative estimate of drug-likeness (QED) is 0.644. The molecule has 0 unspecified atom stereocenters. The van der Waals surface area contributed by atoms with Gasteiger partial charge in [0, 0.05) is 19.8 Å². The van der Waals surface area contributed by atoms with Crippen LogP contribution in [0, 0.1) is 0 Å². The Morgan fingerprint density at radius 3 is 2.08 bits per heavy atom. The molecule has 1 aromatic carbocycles. The molecule has 0 radical (unpaired) electrons. The zero-order chi connectivity index (χ0) is 8.97. The zero-order valence-electron chi connectivity index (χ0n) is 7.91. The van der Waals surface area contributed by atoms with Crippen LogP contribution in [0.5, 0.6) is 0 Å². The predicted octanol–water partition coefficient (Wildman–Crippen LogP) is 2.79. The molecule has 0 saturated heterocycles. The van der Waals surface area contributed by atoms with E-state index < -0.39 is 0 Å². The summed E-state index contributed by atoms with van der Waals surface area (Å²) in [5.74, 6) is 0. The van der Waals surface area contributed by atoms with Crippen LogP contribution in [0.15, 0.2) is 30.3 Å². The zero-order valence-corrected chi connectivity index (χ0v) is 7.91. The van der Waals surface area contributed by atoms with Crippen LogP contribution in [0.3, 0.4) is 0 Å². The second-order valence-corrected chi connectivity index (χ2v) is 2.99. The van der Waals surface area contributed by atoms with Crippen molar-refractivity contribution in [1.82, 2.24) is 0 Å². The van der Waals surface area contributed by atoms with Gasteiger partial charge >= 0.3 is 0 Å². The fourth-order valence-electron chi connectivity index (χ4n) is 1.08. The monoisotopic (exact) mass is 161 g/mol. The third-order valence-electron chi connectivity index (χ3n) is 1.77. The molecule has 0 bridgehead atoms. The summed E-state index contributed by atoms with van der Waals surface area (Å²) >= 11 is 0. The van der Waals surface area contributed by atoms with E-state index in [1.54, 1.807) is 0 Å². The summed E-state index contributed by atoms with van der Waals surface area (Å²) in [5.41, 5.74) is 2.49. The van der Waals surface area contributed by atoms with E-state index in [1.807, 2.05) is 27.1 Å². The highest BCUT2D eigenvalue weighted by Gasteiger charge is 1.92. The molecule has 1 heteroatoms. The maximum atomic E-state index is 2.12. The molecule has 0 atom stereocenters. The van der Waals surface area contributed by atoms with Crippen LogP contribution in [0.4, 0.5) is 5.69 Å². The Kier molecular flexibility index (Phi) is 2.92. The molecule has 0 N–H and O–H groups in total. The average molecular weight is 161 g/mol. The van der Waals surface area contributed by atoms with E-state index in [1.165, 1.54) is 11.3 Å². The van der Waals surface area contributed by atoms with Crippen molar-refractivity contribution in [2.24, 2.45) is 0 Å². The number of anilines is 1. The van der Waals surface area contributed by atoms with Gasteiger partial charge < -0.3 is 4.90 Å². The van der Waals surface area contributed by atoms with Gasteiger partial charge in [0.15, 0.2) is 0 Å². The van der Waals surface area contributed by atoms with Crippen LogP contribution in [-0.4, -0.2) is 14.1 Å².